The van der Waals surface area contributed by atoms with Gasteiger partial charge in [0.1, 0.15) is 11.5 Å². The van der Waals surface area contributed by atoms with Crippen molar-refractivity contribution >= 4 is 11.9 Å². The Labute approximate surface area is 152 Å². The summed E-state index contributed by atoms with van der Waals surface area (Å²) in [5.74, 6) is -0.184. The van der Waals surface area contributed by atoms with Crippen LogP contribution in [0, 0.1) is 0 Å². The first-order chi connectivity index (χ1) is 12.6. The molecule has 0 unspecified atom stereocenters. The van der Waals surface area contributed by atoms with Crippen molar-refractivity contribution in [1.82, 2.24) is 5.32 Å². The number of aliphatic carboxylic acids is 1. The lowest BCUT2D eigenvalue weighted by Crippen LogP contribution is -2.20. The number of carboxylic acid groups (broad SMARTS) is 1. The average Bonchev–Trinajstić information content (AvgIpc) is 2.65. The minimum absolute atomic E-state index is 0.303. The second kappa shape index (κ2) is 10.0. The molecule has 0 radical (unpaired) electrons. The third-order valence-corrected chi connectivity index (χ3v) is 3.52. The van der Waals surface area contributed by atoms with Crippen molar-refractivity contribution in [2.24, 2.45) is 0 Å². The van der Waals surface area contributed by atoms with Crippen molar-refractivity contribution in [3.05, 3.63) is 71.8 Å². The second-order valence-corrected chi connectivity index (χ2v) is 5.52. The summed E-state index contributed by atoms with van der Waals surface area (Å²) in [7, 11) is 1.68. The maximum absolute atomic E-state index is 11.4. The van der Waals surface area contributed by atoms with Crippen molar-refractivity contribution in [1.29, 1.82) is 0 Å². The zero-order valence-electron chi connectivity index (χ0n) is 14.5. The van der Waals surface area contributed by atoms with Gasteiger partial charge in [-0.25, -0.2) is 4.79 Å². The number of hydrogen-bond donors (Lipinski definition) is 2. The van der Waals surface area contributed by atoms with Crippen LogP contribution in [0.3, 0.4) is 0 Å². The minimum Gasteiger partial charge on any atom is -0.478 e. The number of ether oxygens (including phenoxy) is 2. The minimum atomic E-state index is -1.16. The van der Waals surface area contributed by atoms with E-state index in [4.69, 9.17) is 14.6 Å². The molecule has 2 N–H and O–H groups in total. The van der Waals surface area contributed by atoms with E-state index in [0.717, 1.165) is 29.9 Å². The van der Waals surface area contributed by atoms with E-state index in [9.17, 15) is 9.59 Å². The van der Waals surface area contributed by atoms with Gasteiger partial charge < -0.3 is 19.9 Å². The molecule has 0 spiro atoms. The van der Waals surface area contributed by atoms with Crippen LogP contribution in [0.5, 0.6) is 11.5 Å². The summed E-state index contributed by atoms with van der Waals surface area (Å²) >= 11 is 0. The molecule has 0 saturated carbocycles. The number of carbonyl (C=O) groups is 2. The maximum Gasteiger partial charge on any atom is 0.328 e. The van der Waals surface area contributed by atoms with Crippen LogP contribution in [-0.4, -0.2) is 30.7 Å². The highest BCUT2D eigenvalue weighted by molar-refractivity contribution is 5.93. The van der Waals surface area contributed by atoms with Gasteiger partial charge in [-0.05, 0) is 41.8 Å². The standard InChI is InChI=1S/C20H21NO5/c1-25-13-12-15-2-6-17(7-3-15)26-18-8-4-16(5-9-18)14-21-19(22)10-11-20(23)24/h2-11H,12-14H2,1H3,(H,21,22)(H,23,24)/b11-10-. The molecule has 0 aromatic heterocycles. The van der Waals surface area contributed by atoms with Gasteiger partial charge in [0.25, 0.3) is 0 Å². The first-order valence-corrected chi connectivity index (χ1v) is 8.10. The SMILES string of the molecule is COCCc1ccc(Oc2ccc(CNC(=O)/C=C\C(=O)O)cc2)cc1. The fraction of sp³-hybridized carbons (Fsp3) is 0.200. The Hall–Kier alpha value is -3.12. The molecule has 2 aromatic rings. The lowest BCUT2D eigenvalue weighted by molar-refractivity contribution is -0.131. The first-order valence-electron chi connectivity index (χ1n) is 8.10. The lowest BCUT2D eigenvalue weighted by atomic mass is 10.1. The number of methoxy groups -OCH3 is 1. The smallest absolute Gasteiger partial charge is 0.328 e. The molecule has 1 amide bonds. The lowest BCUT2D eigenvalue weighted by Gasteiger charge is -2.08. The quantitative estimate of drug-likeness (QED) is 0.676. The van der Waals surface area contributed by atoms with Crippen molar-refractivity contribution in [3.63, 3.8) is 0 Å². The first kappa shape index (κ1) is 19.2. The van der Waals surface area contributed by atoms with E-state index in [-0.39, 0.29) is 0 Å². The van der Waals surface area contributed by atoms with Crippen LogP contribution < -0.4 is 10.1 Å². The predicted molar refractivity (Wildman–Crippen MR) is 97.2 cm³/mol. The predicted octanol–water partition coefficient (Wildman–Crippen LogP) is 2.92. The topological polar surface area (TPSA) is 84.9 Å². The Balaban J connectivity index is 1.85. The number of nitrogens with one attached hydrogen (secondary N) is 1. The largest absolute Gasteiger partial charge is 0.478 e. The number of amides is 1. The van der Waals surface area contributed by atoms with Gasteiger partial charge in [0, 0.05) is 25.8 Å². The Morgan fingerprint density at radius 1 is 0.962 bits per heavy atom. The number of carboxylic acids is 1. The molecule has 2 rings (SSSR count). The zero-order valence-corrected chi connectivity index (χ0v) is 14.5. The molecule has 0 aliphatic heterocycles. The molecule has 6 nitrogen and oxygen atoms in total. The monoisotopic (exact) mass is 355 g/mol. The summed E-state index contributed by atoms with van der Waals surface area (Å²) in [4.78, 5) is 21.8. The van der Waals surface area contributed by atoms with Crippen molar-refractivity contribution in [2.75, 3.05) is 13.7 Å². The second-order valence-electron chi connectivity index (χ2n) is 5.52. The molecule has 26 heavy (non-hydrogen) atoms. The van der Waals surface area contributed by atoms with Gasteiger partial charge in [-0.2, -0.15) is 0 Å². The molecule has 6 heteroatoms. The summed E-state index contributed by atoms with van der Waals surface area (Å²) in [6.45, 7) is 0.988. The van der Waals surface area contributed by atoms with E-state index < -0.39 is 11.9 Å². The van der Waals surface area contributed by atoms with Crippen LogP contribution in [0.25, 0.3) is 0 Å². The molecule has 0 atom stereocenters. The van der Waals surface area contributed by atoms with Gasteiger partial charge in [-0.1, -0.05) is 24.3 Å². The highest BCUT2D eigenvalue weighted by Crippen LogP contribution is 2.22. The van der Waals surface area contributed by atoms with Crippen LogP contribution in [0.15, 0.2) is 60.7 Å². The molecule has 0 bridgehead atoms. The fourth-order valence-corrected chi connectivity index (χ4v) is 2.15. The molecule has 0 fully saturated rings. The van der Waals surface area contributed by atoms with E-state index in [1.165, 1.54) is 5.56 Å². The van der Waals surface area contributed by atoms with Crippen molar-refractivity contribution < 1.29 is 24.2 Å². The van der Waals surface area contributed by atoms with Crippen LogP contribution >= 0.6 is 0 Å². The van der Waals surface area contributed by atoms with Crippen LogP contribution in [0.2, 0.25) is 0 Å². The summed E-state index contributed by atoms with van der Waals surface area (Å²) in [5, 5.41) is 11.1. The summed E-state index contributed by atoms with van der Waals surface area (Å²) in [6.07, 6.45) is 2.64. The summed E-state index contributed by atoms with van der Waals surface area (Å²) in [5.41, 5.74) is 2.06. The van der Waals surface area contributed by atoms with E-state index >= 15 is 0 Å². The summed E-state index contributed by atoms with van der Waals surface area (Å²) in [6, 6.07) is 15.1. The molecule has 0 aliphatic carbocycles. The molecular weight excluding hydrogens is 334 g/mol. The Morgan fingerprint density at radius 2 is 1.54 bits per heavy atom. The molecule has 136 valence electrons. The van der Waals surface area contributed by atoms with Gasteiger partial charge >= 0.3 is 5.97 Å². The van der Waals surface area contributed by atoms with Gasteiger partial charge in [-0.3, -0.25) is 4.79 Å². The van der Waals surface area contributed by atoms with E-state index in [2.05, 4.69) is 5.32 Å². The maximum atomic E-state index is 11.4. The van der Waals surface area contributed by atoms with Crippen LogP contribution in [0.4, 0.5) is 0 Å². The number of hydrogen-bond acceptors (Lipinski definition) is 4. The Bertz CT molecular complexity index is 751. The highest BCUT2D eigenvalue weighted by Gasteiger charge is 2.01. The van der Waals surface area contributed by atoms with Crippen molar-refractivity contribution in [2.45, 2.75) is 13.0 Å². The number of benzene rings is 2. The average molecular weight is 355 g/mol. The van der Waals surface area contributed by atoms with E-state index in [1.54, 1.807) is 7.11 Å². The third kappa shape index (κ3) is 6.78. The van der Waals surface area contributed by atoms with Crippen LogP contribution in [0.1, 0.15) is 11.1 Å². The van der Waals surface area contributed by atoms with Crippen molar-refractivity contribution in [3.8, 4) is 11.5 Å². The van der Waals surface area contributed by atoms with Gasteiger partial charge in [0.2, 0.25) is 5.91 Å². The number of rotatable bonds is 9. The Kier molecular flexibility index (Phi) is 7.39. The molecule has 2 aromatic carbocycles. The fourth-order valence-electron chi connectivity index (χ4n) is 2.15. The summed E-state index contributed by atoms with van der Waals surface area (Å²) < 4.78 is 10.8. The van der Waals surface area contributed by atoms with Gasteiger partial charge in [-0.15, -0.1) is 0 Å². The van der Waals surface area contributed by atoms with Crippen LogP contribution in [-0.2, 0) is 27.3 Å². The Morgan fingerprint density at radius 3 is 2.08 bits per heavy atom. The van der Waals surface area contributed by atoms with Gasteiger partial charge in [0.05, 0.1) is 6.61 Å². The molecule has 0 heterocycles. The highest BCUT2D eigenvalue weighted by atomic mass is 16.5. The molecule has 0 saturated heterocycles. The third-order valence-electron chi connectivity index (χ3n) is 3.52. The normalized spacial score (nSPS) is 10.7. The molecule has 0 aliphatic rings. The number of carbonyl (C=O) groups excluding carboxylic acids is 1. The zero-order chi connectivity index (χ0) is 18.8. The van der Waals surface area contributed by atoms with Gasteiger partial charge in [0.15, 0.2) is 0 Å². The molecular formula is C20H21NO5. The van der Waals surface area contributed by atoms with E-state index in [0.29, 0.717) is 18.9 Å². The van der Waals surface area contributed by atoms with E-state index in [1.807, 2.05) is 48.5 Å².